The summed E-state index contributed by atoms with van der Waals surface area (Å²) in [6.45, 7) is 0.544. The van der Waals surface area contributed by atoms with Gasteiger partial charge in [-0.05, 0) is 18.1 Å². The molecule has 0 aliphatic carbocycles. The molecule has 0 fully saturated rings. The van der Waals surface area contributed by atoms with Crippen molar-refractivity contribution in [2.75, 3.05) is 13.1 Å². The van der Waals surface area contributed by atoms with E-state index in [0.717, 1.165) is 11.1 Å². The van der Waals surface area contributed by atoms with Gasteiger partial charge in [0.15, 0.2) is 0 Å². The van der Waals surface area contributed by atoms with Gasteiger partial charge in [-0.25, -0.2) is 4.79 Å². The zero-order valence-electron chi connectivity index (χ0n) is 18.2. The van der Waals surface area contributed by atoms with Crippen LogP contribution in [0.3, 0.4) is 0 Å². The van der Waals surface area contributed by atoms with Gasteiger partial charge in [-0.15, -0.1) is 0 Å². The highest BCUT2D eigenvalue weighted by Gasteiger charge is 2.26. The van der Waals surface area contributed by atoms with Gasteiger partial charge in [0.05, 0.1) is 12.6 Å². The lowest BCUT2D eigenvalue weighted by atomic mass is 10.1. The molecule has 10 nitrogen and oxygen atoms in total. The summed E-state index contributed by atoms with van der Waals surface area (Å²) in [5.41, 5.74) is 1.56. The number of amides is 3. The van der Waals surface area contributed by atoms with E-state index >= 15 is 0 Å². The average Bonchev–Trinajstić information content (AvgIpc) is 2.83. The van der Waals surface area contributed by atoms with Crippen molar-refractivity contribution in [3.05, 3.63) is 71.8 Å². The van der Waals surface area contributed by atoms with Crippen LogP contribution in [0.2, 0.25) is 0 Å². The number of carbonyl (C=O) groups is 4. The topological polar surface area (TPSA) is 143 Å². The van der Waals surface area contributed by atoms with Gasteiger partial charge in [0.25, 0.3) is 0 Å². The van der Waals surface area contributed by atoms with Crippen molar-refractivity contribution in [3.8, 4) is 0 Å². The predicted octanol–water partition coefficient (Wildman–Crippen LogP) is 0.638. The van der Waals surface area contributed by atoms with E-state index < -0.39 is 42.6 Å². The van der Waals surface area contributed by atoms with Crippen LogP contribution >= 0.6 is 0 Å². The number of rotatable bonds is 11. The minimum absolute atomic E-state index is 0.0103. The molecule has 0 unspecified atom stereocenters. The lowest BCUT2D eigenvalue weighted by molar-refractivity contribution is -0.145. The number of aliphatic hydroxyl groups excluding tert-OH is 1. The summed E-state index contributed by atoms with van der Waals surface area (Å²) >= 11 is 0. The molecular formula is C23H27N3O7. The monoisotopic (exact) mass is 457 g/mol. The van der Waals surface area contributed by atoms with Gasteiger partial charge in [-0.2, -0.15) is 0 Å². The molecule has 0 heterocycles. The Morgan fingerprint density at radius 2 is 1.36 bits per heavy atom. The number of carbonyl (C=O) groups excluding carboxylic acids is 4. The van der Waals surface area contributed by atoms with Crippen molar-refractivity contribution in [1.29, 1.82) is 0 Å². The molecule has 0 bridgehead atoms. The molecule has 2 aromatic rings. The van der Waals surface area contributed by atoms with Crippen LogP contribution in [-0.2, 0) is 37.1 Å². The van der Waals surface area contributed by atoms with E-state index in [1.54, 1.807) is 36.4 Å². The van der Waals surface area contributed by atoms with Crippen LogP contribution in [0.25, 0.3) is 0 Å². The molecule has 2 rings (SSSR count). The van der Waals surface area contributed by atoms with Crippen LogP contribution < -0.4 is 16.0 Å². The number of alkyl carbamates (subject to hydrolysis) is 1. The van der Waals surface area contributed by atoms with Gasteiger partial charge in [-0.3, -0.25) is 14.4 Å². The van der Waals surface area contributed by atoms with E-state index in [-0.39, 0.29) is 19.8 Å². The molecule has 10 heteroatoms. The van der Waals surface area contributed by atoms with Crippen molar-refractivity contribution in [3.63, 3.8) is 0 Å². The first kappa shape index (κ1) is 25.3. The van der Waals surface area contributed by atoms with Gasteiger partial charge in [0.1, 0.15) is 25.8 Å². The zero-order chi connectivity index (χ0) is 24.1. The fraction of sp³-hybridized carbons (Fsp3) is 0.304. The number of benzene rings is 2. The Bertz CT molecular complexity index is 920. The number of hydrogen-bond donors (Lipinski definition) is 4. The predicted molar refractivity (Wildman–Crippen MR) is 117 cm³/mol. The van der Waals surface area contributed by atoms with Gasteiger partial charge >= 0.3 is 12.1 Å². The minimum atomic E-state index is -1.34. The molecule has 176 valence electrons. The Labute approximate surface area is 191 Å². The van der Waals surface area contributed by atoms with E-state index in [0.29, 0.717) is 0 Å². The fourth-order valence-corrected chi connectivity index (χ4v) is 2.60. The Hall–Kier alpha value is -3.92. The quantitative estimate of drug-likeness (QED) is 0.363. The standard InChI is InChI=1S/C23H27N3O7/c1-16(27)21(26-23(31)33-15-18-10-6-3-7-11-18)22(30)25-12-19(28)24-13-20(29)32-14-17-8-4-2-5-9-17/h2-11,16,21,27H,12-15H2,1H3,(H,24,28)(H,25,30)(H,26,31)/t16-,21+/m1/s1. The molecule has 4 N–H and O–H groups in total. The molecule has 0 spiro atoms. The second-order valence-corrected chi connectivity index (χ2v) is 7.07. The molecule has 3 amide bonds. The summed E-state index contributed by atoms with van der Waals surface area (Å²) in [5, 5.41) is 16.7. The van der Waals surface area contributed by atoms with Gasteiger partial charge in [-0.1, -0.05) is 60.7 Å². The molecule has 0 aliphatic heterocycles. The summed E-state index contributed by atoms with van der Waals surface area (Å²) in [5.74, 6) is -2.07. The molecule has 2 aromatic carbocycles. The van der Waals surface area contributed by atoms with E-state index in [1.807, 2.05) is 24.3 Å². The van der Waals surface area contributed by atoms with Crippen molar-refractivity contribution in [1.82, 2.24) is 16.0 Å². The Balaban J connectivity index is 1.69. The summed E-state index contributed by atoms with van der Waals surface area (Å²) < 4.78 is 10.1. The number of hydrogen-bond acceptors (Lipinski definition) is 7. The molecule has 2 atom stereocenters. The first-order chi connectivity index (χ1) is 15.8. The van der Waals surface area contributed by atoms with Gasteiger partial charge in [0.2, 0.25) is 11.8 Å². The van der Waals surface area contributed by atoms with Crippen molar-refractivity contribution in [2.45, 2.75) is 32.3 Å². The maximum atomic E-state index is 12.3. The minimum Gasteiger partial charge on any atom is -0.460 e. The van der Waals surface area contributed by atoms with Crippen LogP contribution in [-0.4, -0.2) is 54.2 Å². The first-order valence-corrected chi connectivity index (χ1v) is 10.2. The first-order valence-electron chi connectivity index (χ1n) is 10.2. The molecule has 0 saturated heterocycles. The lowest BCUT2D eigenvalue weighted by Crippen LogP contribution is -2.54. The SMILES string of the molecule is C[C@@H](O)[C@H](NC(=O)OCc1ccccc1)C(=O)NCC(=O)NCC(=O)OCc1ccccc1. The third kappa shape index (κ3) is 9.83. The average molecular weight is 457 g/mol. The van der Waals surface area contributed by atoms with E-state index in [9.17, 15) is 24.3 Å². The molecule has 33 heavy (non-hydrogen) atoms. The van der Waals surface area contributed by atoms with E-state index in [4.69, 9.17) is 9.47 Å². The van der Waals surface area contributed by atoms with Crippen LogP contribution in [0, 0.1) is 0 Å². The van der Waals surface area contributed by atoms with Crippen molar-refractivity contribution >= 4 is 23.9 Å². The highest BCUT2D eigenvalue weighted by atomic mass is 16.5. The van der Waals surface area contributed by atoms with Crippen LogP contribution in [0.4, 0.5) is 4.79 Å². The summed E-state index contributed by atoms with van der Waals surface area (Å²) in [4.78, 5) is 47.9. The third-order valence-electron chi connectivity index (χ3n) is 4.35. The second kappa shape index (κ2) is 13.5. The van der Waals surface area contributed by atoms with Gasteiger partial charge < -0.3 is 30.5 Å². The molecule has 0 saturated carbocycles. The Morgan fingerprint density at radius 3 is 1.91 bits per heavy atom. The summed E-state index contributed by atoms with van der Waals surface area (Å²) in [6.07, 6.45) is -2.14. The maximum Gasteiger partial charge on any atom is 0.408 e. The Kier molecular flexibility index (Phi) is 10.4. The largest absolute Gasteiger partial charge is 0.460 e. The highest BCUT2D eigenvalue weighted by molar-refractivity contribution is 5.90. The number of esters is 1. The number of aliphatic hydroxyl groups is 1. The third-order valence-corrected chi connectivity index (χ3v) is 4.35. The summed E-state index contributed by atoms with van der Waals surface area (Å²) in [7, 11) is 0. The smallest absolute Gasteiger partial charge is 0.408 e. The zero-order valence-corrected chi connectivity index (χ0v) is 18.2. The molecule has 0 aliphatic rings. The van der Waals surface area contributed by atoms with Crippen LogP contribution in [0.5, 0.6) is 0 Å². The van der Waals surface area contributed by atoms with Crippen molar-refractivity contribution < 1.29 is 33.8 Å². The second-order valence-electron chi connectivity index (χ2n) is 7.07. The molecule has 0 aromatic heterocycles. The fourth-order valence-electron chi connectivity index (χ4n) is 2.60. The van der Waals surface area contributed by atoms with Crippen molar-refractivity contribution in [2.24, 2.45) is 0 Å². The lowest BCUT2D eigenvalue weighted by Gasteiger charge is -2.20. The number of ether oxygens (including phenoxy) is 2. The maximum absolute atomic E-state index is 12.3. The molecule has 0 radical (unpaired) electrons. The number of nitrogens with one attached hydrogen (secondary N) is 3. The van der Waals surface area contributed by atoms with E-state index in [2.05, 4.69) is 16.0 Å². The van der Waals surface area contributed by atoms with Crippen LogP contribution in [0.1, 0.15) is 18.1 Å². The van der Waals surface area contributed by atoms with Gasteiger partial charge in [0, 0.05) is 0 Å². The highest BCUT2D eigenvalue weighted by Crippen LogP contribution is 2.02. The summed E-state index contributed by atoms with van der Waals surface area (Å²) in [6, 6.07) is 16.6. The normalized spacial score (nSPS) is 12.1. The van der Waals surface area contributed by atoms with Crippen LogP contribution in [0.15, 0.2) is 60.7 Å². The molecular weight excluding hydrogens is 430 g/mol. The van der Waals surface area contributed by atoms with E-state index in [1.165, 1.54) is 6.92 Å². The Morgan fingerprint density at radius 1 is 0.818 bits per heavy atom.